The zero-order valence-electron chi connectivity index (χ0n) is 10.7. The number of rotatable bonds is 4. The molecule has 0 spiro atoms. The molecule has 2 aromatic heterocycles. The van der Waals surface area contributed by atoms with E-state index in [9.17, 15) is 4.79 Å². The summed E-state index contributed by atoms with van der Waals surface area (Å²) in [5.74, 6) is 1.03. The van der Waals surface area contributed by atoms with E-state index in [0.29, 0.717) is 17.8 Å². The fraction of sp³-hybridized carbons (Fsp3) is 0.200. The van der Waals surface area contributed by atoms with Gasteiger partial charge in [0.05, 0.1) is 17.4 Å². The maximum Gasteiger partial charge on any atom is 0.185 e. The molecule has 0 aliphatic heterocycles. The van der Waals surface area contributed by atoms with Crippen LogP contribution < -0.4 is 0 Å². The number of nitrogens with zero attached hydrogens (tertiary/aromatic N) is 2. The van der Waals surface area contributed by atoms with Crippen LogP contribution in [0.4, 0.5) is 0 Å². The van der Waals surface area contributed by atoms with Gasteiger partial charge in [-0.1, -0.05) is 6.92 Å². The van der Waals surface area contributed by atoms with Gasteiger partial charge in [-0.25, -0.2) is 4.98 Å². The van der Waals surface area contributed by atoms with Gasteiger partial charge in [-0.3, -0.25) is 4.79 Å². The van der Waals surface area contributed by atoms with Crippen molar-refractivity contribution in [3.05, 3.63) is 42.4 Å². The minimum atomic E-state index is 0.339. The number of hydrogen-bond acceptors (Lipinski definition) is 3. The van der Waals surface area contributed by atoms with Crippen LogP contribution in [0.15, 0.2) is 41.1 Å². The molecule has 3 rings (SSSR count). The first kappa shape index (κ1) is 11.7. The lowest BCUT2D eigenvalue weighted by molar-refractivity contribution is 0.110. The summed E-state index contributed by atoms with van der Waals surface area (Å²) in [7, 11) is 0. The lowest BCUT2D eigenvalue weighted by Crippen LogP contribution is -1.93. The molecular formula is C15H14N2O2. The van der Waals surface area contributed by atoms with Crippen LogP contribution in [0.2, 0.25) is 0 Å². The summed E-state index contributed by atoms with van der Waals surface area (Å²) in [6, 6.07) is 9.48. The highest BCUT2D eigenvalue weighted by Crippen LogP contribution is 2.25. The molecular weight excluding hydrogens is 240 g/mol. The van der Waals surface area contributed by atoms with Gasteiger partial charge in [0.25, 0.3) is 0 Å². The van der Waals surface area contributed by atoms with Crippen LogP contribution in [-0.2, 0) is 6.54 Å². The Labute approximate surface area is 110 Å². The molecule has 0 atom stereocenters. The lowest BCUT2D eigenvalue weighted by Gasteiger charge is -2.02. The van der Waals surface area contributed by atoms with E-state index in [4.69, 9.17) is 4.42 Å². The molecule has 0 saturated carbocycles. The number of fused-ring (bicyclic) bond motifs is 1. The SMILES string of the molecule is CCCn1cnc2cc(-c3ccc(C=O)o3)ccc21. The van der Waals surface area contributed by atoms with Gasteiger partial charge in [0.1, 0.15) is 5.76 Å². The van der Waals surface area contributed by atoms with Crippen LogP contribution in [0.25, 0.3) is 22.4 Å². The Morgan fingerprint density at radius 3 is 2.95 bits per heavy atom. The summed E-state index contributed by atoms with van der Waals surface area (Å²) in [6.45, 7) is 3.11. The molecule has 0 radical (unpaired) electrons. The van der Waals surface area contributed by atoms with Gasteiger partial charge < -0.3 is 8.98 Å². The van der Waals surface area contributed by atoms with E-state index in [1.165, 1.54) is 0 Å². The van der Waals surface area contributed by atoms with E-state index >= 15 is 0 Å². The summed E-state index contributed by atoms with van der Waals surface area (Å²) < 4.78 is 7.56. The summed E-state index contributed by atoms with van der Waals surface area (Å²) in [5.41, 5.74) is 2.99. The Kier molecular flexibility index (Phi) is 2.91. The molecule has 96 valence electrons. The Bertz CT molecular complexity index is 725. The molecule has 0 aliphatic carbocycles. The molecule has 0 saturated heterocycles. The molecule has 3 aromatic rings. The number of benzene rings is 1. The van der Waals surface area contributed by atoms with Crippen molar-refractivity contribution in [3.63, 3.8) is 0 Å². The van der Waals surface area contributed by atoms with Crippen molar-refractivity contribution >= 4 is 17.3 Å². The van der Waals surface area contributed by atoms with Crippen molar-refractivity contribution in [3.8, 4) is 11.3 Å². The molecule has 1 aromatic carbocycles. The van der Waals surface area contributed by atoms with Gasteiger partial charge in [0.2, 0.25) is 0 Å². The Hall–Kier alpha value is -2.36. The van der Waals surface area contributed by atoms with Crippen molar-refractivity contribution in [2.45, 2.75) is 19.9 Å². The van der Waals surface area contributed by atoms with Crippen LogP contribution in [0.3, 0.4) is 0 Å². The monoisotopic (exact) mass is 254 g/mol. The normalized spacial score (nSPS) is 11.0. The average Bonchev–Trinajstić information content (AvgIpc) is 3.05. The first-order valence-corrected chi connectivity index (χ1v) is 6.32. The highest BCUT2D eigenvalue weighted by atomic mass is 16.3. The molecule has 0 aliphatic rings. The number of carbonyl (C=O) groups excluding carboxylic acids is 1. The van der Waals surface area contributed by atoms with Crippen molar-refractivity contribution in [2.24, 2.45) is 0 Å². The summed E-state index contributed by atoms with van der Waals surface area (Å²) in [6.07, 6.45) is 3.64. The highest BCUT2D eigenvalue weighted by molar-refractivity contribution is 5.81. The van der Waals surface area contributed by atoms with E-state index in [0.717, 1.165) is 29.6 Å². The van der Waals surface area contributed by atoms with E-state index in [1.807, 2.05) is 24.5 Å². The minimum absolute atomic E-state index is 0.339. The van der Waals surface area contributed by atoms with Gasteiger partial charge in [0.15, 0.2) is 12.0 Å². The Morgan fingerprint density at radius 2 is 2.21 bits per heavy atom. The van der Waals surface area contributed by atoms with Gasteiger partial charge >= 0.3 is 0 Å². The molecule has 4 heteroatoms. The number of hydrogen-bond donors (Lipinski definition) is 0. The Balaban J connectivity index is 2.04. The van der Waals surface area contributed by atoms with Crippen molar-refractivity contribution in [1.29, 1.82) is 0 Å². The first-order valence-electron chi connectivity index (χ1n) is 6.32. The van der Waals surface area contributed by atoms with E-state index < -0.39 is 0 Å². The lowest BCUT2D eigenvalue weighted by atomic mass is 10.1. The quantitative estimate of drug-likeness (QED) is 0.669. The average molecular weight is 254 g/mol. The first-order chi connectivity index (χ1) is 9.31. The maximum absolute atomic E-state index is 10.6. The number of aryl methyl sites for hydroxylation is 1. The largest absolute Gasteiger partial charge is 0.453 e. The topological polar surface area (TPSA) is 48.0 Å². The summed E-state index contributed by atoms with van der Waals surface area (Å²) >= 11 is 0. The number of carbonyl (C=O) groups is 1. The van der Waals surface area contributed by atoms with E-state index in [2.05, 4.69) is 16.5 Å². The van der Waals surface area contributed by atoms with E-state index in [1.54, 1.807) is 12.1 Å². The van der Waals surface area contributed by atoms with Gasteiger partial charge in [-0.15, -0.1) is 0 Å². The molecule has 0 unspecified atom stereocenters. The highest BCUT2D eigenvalue weighted by Gasteiger charge is 2.07. The molecule has 4 nitrogen and oxygen atoms in total. The van der Waals surface area contributed by atoms with Crippen molar-refractivity contribution in [2.75, 3.05) is 0 Å². The third-order valence-electron chi connectivity index (χ3n) is 3.11. The second-order valence-electron chi connectivity index (χ2n) is 4.46. The van der Waals surface area contributed by atoms with Gasteiger partial charge in [-0.05, 0) is 36.8 Å². The van der Waals surface area contributed by atoms with Crippen molar-refractivity contribution in [1.82, 2.24) is 9.55 Å². The van der Waals surface area contributed by atoms with Crippen LogP contribution in [0.1, 0.15) is 23.9 Å². The Morgan fingerprint density at radius 1 is 1.32 bits per heavy atom. The van der Waals surface area contributed by atoms with Crippen LogP contribution in [0, 0.1) is 0 Å². The molecule has 2 heterocycles. The third kappa shape index (κ3) is 2.05. The summed E-state index contributed by atoms with van der Waals surface area (Å²) in [4.78, 5) is 15.0. The van der Waals surface area contributed by atoms with Crippen LogP contribution in [0.5, 0.6) is 0 Å². The fourth-order valence-electron chi connectivity index (χ4n) is 2.21. The second-order valence-corrected chi connectivity index (χ2v) is 4.46. The fourth-order valence-corrected chi connectivity index (χ4v) is 2.21. The third-order valence-corrected chi connectivity index (χ3v) is 3.11. The van der Waals surface area contributed by atoms with Crippen LogP contribution in [-0.4, -0.2) is 15.8 Å². The maximum atomic E-state index is 10.6. The zero-order valence-corrected chi connectivity index (χ0v) is 10.7. The molecule has 0 fully saturated rings. The van der Waals surface area contributed by atoms with Gasteiger partial charge in [0, 0.05) is 12.1 Å². The number of imidazole rings is 1. The predicted molar refractivity (Wildman–Crippen MR) is 73.1 cm³/mol. The van der Waals surface area contributed by atoms with Crippen LogP contribution >= 0.6 is 0 Å². The van der Waals surface area contributed by atoms with Crippen molar-refractivity contribution < 1.29 is 9.21 Å². The number of furan rings is 1. The smallest absolute Gasteiger partial charge is 0.185 e. The molecule has 19 heavy (non-hydrogen) atoms. The minimum Gasteiger partial charge on any atom is -0.453 e. The second kappa shape index (κ2) is 4.72. The number of aromatic nitrogens is 2. The molecule has 0 amide bonds. The molecule has 0 N–H and O–H groups in total. The zero-order chi connectivity index (χ0) is 13.2. The van der Waals surface area contributed by atoms with E-state index in [-0.39, 0.29) is 0 Å². The molecule has 0 bridgehead atoms. The number of aldehydes is 1. The summed E-state index contributed by atoms with van der Waals surface area (Å²) in [5, 5.41) is 0. The predicted octanol–water partition coefficient (Wildman–Crippen LogP) is 3.52. The van der Waals surface area contributed by atoms with Gasteiger partial charge in [-0.2, -0.15) is 0 Å². The standard InChI is InChI=1S/C15H14N2O2/c1-2-7-17-10-16-13-8-11(3-5-14(13)17)15-6-4-12(9-18)19-15/h3-6,8-10H,2,7H2,1H3.